The minimum Gasteiger partial charge on any atom is -0.379 e. The molecule has 2 aromatic rings. The van der Waals surface area contributed by atoms with Gasteiger partial charge in [-0.15, -0.1) is 46.7 Å². The van der Waals surface area contributed by atoms with Crippen molar-refractivity contribution in [3.8, 4) is 0 Å². The van der Waals surface area contributed by atoms with Gasteiger partial charge in [0.25, 0.3) is 0 Å². The van der Waals surface area contributed by atoms with E-state index in [0.29, 0.717) is 12.6 Å². The summed E-state index contributed by atoms with van der Waals surface area (Å²) in [5.74, 6) is 0.813. The number of hydrogen-bond donors (Lipinski definition) is 2. The zero-order valence-electron chi connectivity index (χ0n) is 16.7. The summed E-state index contributed by atoms with van der Waals surface area (Å²) in [4.78, 5) is 14.2. The van der Waals surface area contributed by atoms with E-state index in [4.69, 9.17) is 4.74 Å². The quantitative estimate of drug-likeness (QED) is 0.323. The summed E-state index contributed by atoms with van der Waals surface area (Å²) >= 11 is 3.59. The van der Waals surface area contributed by atoms with Crippen molar-refractivity contribution < 1.29 is 4.74 Å². The van der Waals surface area contributed by atoms with Gasteiger partial charge in [-0.1, -0.05) is 6.92 Å². The zero-order valence-corrected chi connectivity index (χ0v) is 20.7. The van der Waals surface area contributed by atoms with Gasteiger partial charge in [-0.3, -0.25) is 9.89 Å². The van der Waals surface area contributed by atoms with Crippen LogP contribution in [-0.2, 0) is 17.7 Å². The predicted molar refractivity (Wildman–Crippen MR) is 129 cm³/mol. The Hall–Kier alpha value is -0.750. The Labute approximate surface area is 192 Å². The molecular weight excluding hydrogens is 505 g/mol. The van der Waals surface area contributed by atoms with E-state index in [2.05, 4.69) is 56.9 Å². The van der Waals surface area contributed by atoms with Crippen molar-refractivity contribution in [2.75, 3.05) is 39.9 Å². The molecule has 2 N–H and O–H groups in total. The third-order valence-electron chi connectivity index (χ3n) is 4.60. The molecule has 1 unspecified atom stereocenters. The monoisotopic (exact) mass is 535 g/mol. The topological polar surface area (TPSA) is 61.8 Å². The van der Waals surface area contributed by atoms with Crippen molar-refractivity contribution >= 4 is 52.6 Å². The van der Waals surface area contributed by atoms with Gasteiger partial charge in [0.2, 0.25) is 0 Å². The molecule has 1 saturated heterocycles. The minimum atomic E-state index is 0. The lowest BCUT2D eigenvalue weighted by Gasteiger charge is -2.34. The molecule has 0 bridgehead atoms. The molecule has 1 aliphatic rings. The van der Waals surface area contributed by atoms with Crippen molar-refractivity contribution in [1.29, 1.82) is 0 Å². The lowest BCUT2D eigenvalue weighted by molar-refractivity contribution is 0.0177. The summed E-state index contributed by atoms with van der Waals surface area (Å²) in [6.45, 7) is 9.34. The maximum Gasteiger partial charge on any atom is 0.191 e. The fourth-order valence-corrected chi connectivity index (χ4v) is 4.87. The molecule has 156 valence electrons. The van der Waals surface area contributed by atoms with Crippen molar-refractivity contribution in [3.05, 3.63) is 38.0 Å². The summed E-state index contributed by atoms with van der Waals surface area (Å²) in [7, 11) is 1.81. The number of rotatable bonds is 7. The minimum absolute atomic E-state index is 0. The first-order chi connectivity index (χ1) is 13.2. The van der Waals surface area contributed by atoms with Gasteiger partial charge in [-0.05, 0) is 25.5 Å². The van der Waals surface area contributed by atoms with Crippen LogP contribution in [0.25, 0.3) is 0 Å². The molecule has 1 atom stereocenters. The van der Waals surface area contributed by atoms with E-state index in [1.54, 1.807) is 11.3 Å². The van der Waals surface area contributed by atoms with Gasteiger partial charge in [-0.2, -0.15) is 0 Å². The van der Waals surface area contributed by atoms with Gasteiger partial charge >= 0.3 is 0 Å². The average molecular weight is 536 g/mol. The number of hydrogen-bond acceptors (Lipinski definition) is 6. The Balaban J connectivity index is 0.00000280. The Morgan fingerprint density at radius 3 is 2.71 bits per heavy atom. The highest BCUT2D eigenvalue weighted by molar-refractivity contribution is 14.0. The Bertz CT molecular complexity index is 742. The Morgan fingerprint density at radius 1 is 1.32 bits per heavy atom. The van der Waals surface area contributed by atoms with E-state index in [0.717, 1.165) is 50.9 Å². The molecule has 0 amide bonds. The van der Waals surface area contributed by atoms with E-state index in [1.165, 1.54) is 14.8 Å². The first-order valence-electron chi connectivity index (χ1n) is 9.45. The smallest absolute Gasteiger partial charge is 0.191 e. The SMILES string of the molecule is CCc1nc(CNC(=NC)NCC(c2ccc(C)s2)N2CCOCC2)cs1.I. The maximum absolute atomic E-state index is 5.54. The molecule has 0 radical (unpaired) electrons. The van der Waals surface area contributed by atoms with Gasteiger partial charge in [0.1, 0.15) is 0 Å². The number of nitrogens with one attached hydrogen (secondary N) is 2. The molecule has 1 aliphatic heterocycles. The fourth-order valence-electron chi connectivity index (χ4n) is 3.11. The fraction of sp³-hybridized carbons (Fsp3) is 0.579. The summed E-state index contributed by atoms with van der Waals surface area (Å²) in [5.41, 5.74) is 1.07. The van der Waals surface area contributed by atoms with Crippen LogP contribution in [0.2, 0.25) is 0 Å². The van der Waals surface area contributed by atoms with Gasteiger partial charge in [0, 0.05) is 41.8 Å². The molecule has 6 nitrogen and oxygen atoms in total. The molecular formula is C19H30IN5OS2. The highest BCUT2D eigenvalue weighted by atomic mass is 127. The lowest BCUT2D eigenvalue weighted by atomic mass is 10.2. The number of nitrogens with zero attached hydrogens (tertiary/aromatic N) is 3. The third kappa shape index (κ3) is 6.65. The lowest BCUT2D eigenvalue weighted by Crippen LogP contribution is -2.46. The highest BCUT2D eigenvalue weighted by Crippen LogP contribution is 2.27. The number of aryl methyl sites for hydroxylation is 2. The van der Waals surface area contributed by atoms with E-state index in [-0.39, 0.29) is 24.0 Å². The first kappa shape index (κ1) is 23.5. The predicted octanol–water partition coefficient (Wildman–Crippen LogP) is 3.43. The standard InChI is InChI=1S/C19H29N5OS2.HI/c1-4-18-23-15(13-26-18)11-21-19(20-3)22-12-16(17-6-5-14(2)27-17)24-7-9-25-10-8-24;/h5-6,13,16H,4,7-12H2,1-3H3,(H2,20,21,22);1H. The van der Waals surface area contributed by atoms with E-state index in [9.17, 15) is 0 Å². The third-order valence-corrected chi connectivity index (χ3v) is 6.75. The van der Waals surface area contributed by atoms with Crippen LogP contribution in [0.5, 0.6) is 0 Å². The second-order valence-corrected chi connectivity index (χ2v) is 8.77. The largest absolute Gasteiger partial charge is 0.379 e. The molecule has 3 heterocycles. The molecule has 9 heteroatoms. The number of guanidine groups is 1. The van der Waals surface area contributed by atoms with Crippen LogP contribution < -0.4 is 10.6 Å². The summed E-state index contributed by atoms with van der Waals surface area (Å²) in [6, 6.07) is 4.78. The van der Waals surface area contributed by atoms with Gasteiger partial charge < -0.3 is 15.4 Å². The Kier molecular flexibility index (Phi) is 10.1. The number of thiazole rings is 1. The molecule has 2 aromatic heterocycles. The molecule has 0 spiro atoms. The van der Waals surface area contributed by atoms with Crippen LogP contribution in [0, 0.1) is 6.92 Å². The number of aliphatic imine (C=N–C) groups is 1. The molecule has 3 rings (SSSR count). The highest BCUT2D eigenvalue weighted by Gasteiger charge is 2.24. The molecule has 0 aromatic carbocycles. The second kappa shape index (κ2) is 12.1. The van der Waals surface area contributed by atoms with Crippen LogP contribution in [0.3, 0.4) is 0 Å². The molecule has 0 saturated carbocycles. The van der Waals surface area contributed by atoms with Gasteiger partial charge in [0.05, 0.1) is 36.5 Å². The summed E-state index contributed by atoms with van der Waals surface area (Å²) < 4.78 is 5.54. The molecule has 28 heavy (non-hydrogen) atoms. The Morgan fingerprint density at radius 2 is 2.11 bits per heavy atom. The number of ether oxygens (including phenoxy) is 1. The summed E-state index contributed by atoms with van der Waals surface area (Å²) in [6.07, 6.45) is 0.985. The van der Waals surface area contributed by atoms with E-state index in [1.807, 2.05) is 18.4 Å². The number of thiophene rings is 1. The number of aromatic nitrogens is 1. The van der Waals surface area contributed by atoms with Gasteiger partial charge in [-0.25, -0.2) is 4.98 Å². The van der Waals surface area contributed by atoms with Crippen molar-refractivity contribution in [1.82, 2.24) is 20.5 Å². The van der Waals surface area contributed by atoms with Crippen LogP contribution in [0.1, 0.15) is 33.4 Å². The summed E-state index contributed by atoms with van der Waals surface area (Å²) in [5, 5.41) is 10.2. The zero-order chi connectivity index (χ0) is 19.1. The normalized spacial score (nSPS) is 16.5. The van der Waals surface area contributed by atoms with Crippen LogP contribution in [-0.4, -0.2) is 55.7 Å². The number of morpholine rings is 1. The van der Waals surface area contributed by atoms with Crippen LogP contribution >= 0.6 is 46.7 Å². The van der Waals surface area contributed by atoms with Crippen molar-refractivity contribution in [3.63, 3.8) is 0 Å². The van der Waals surface area contributed by atoms with Gasteiger partial charge in [0.15, 0.2) is 5.96 Å². The van der Waals surface area contributed by atoms with Crippen molar-refractivity contribution in [2.24, 2.45) is 4.99 Å². The van der Waals surface area contributed by atoms with E-state index < -0.39 is 0 Å². The average Bonchev–Trinajstić information content (AvgIpc) is 3.34. The molecule has 0 aliphatic carbocycles. The van der Waals surface area contributed by atoms with Crippen molar-refractivity contribution in [2.45, 2.75) is 32.9 Å². The first-order valence-corrected chi connectivity index (χ1v) is 11.1. The molecule has 1 fully saturated rings. The second-order valence-electron chi connectivity index (χ2n) is 6.51. The van der Waals surface area contributed by atoms with Crippen LogP contribution in [0.15, 0.2) is 22.5 Å². The number of halogens is 1. The maximum atomic E-state index is 5.54. The van der Waals surface area contributed by atoms with E-state index >= 15 is 0 Å². The van der Waals surface area contributed by atoms with Crippen LogP contribution in [0.4, 0.5) is 0 Å².